The van der Waals surface area contributed by atoms with Crippen LogP contribution in [0.2, 0.25) is 0 Å². The first-order valence-corrected chi connectivity index (χ1v) is 8.05. The molecule has 0 fully saturated rings. The summed E-state index contributed by atoms with van der Waals surface area (Å²) in [5, 5.41) is 5.80. The van der Waals surface area contributed by atoms with Crippen LogP contribution in [0, 0.1) is 6.92 Å². The lowest BCUT2D eigenvalue weighted by Crippen LogP contribution is -2.26. The Morgan fingerprint density at radius 3 is 2.76 bits per heavy atom. The van der Waals surface area contributed by atoms with E-state index >= 15 is 0 Å². The number of nitrogens with zero attached hydrogens (tertiary/aromatic N) is 1. The van der Waals surface area contributed by atoms with E-state index in [1.54, 1.807) is 11.3 Å². The summed E-state index contributed by atoms with van der Waals surface area (Å²) < 4.78 is 0. The smallest absolute Gasteiger partial charge is 0.226 e. The fourth-order valence-corrected chi connectivity index (χ4v) is 2.77. The Kier molecular flexibility index (Phi) is 5.90. The van der Waals surface area contributed by atoms with Crippen LogP contribution in [0.3, 0.4) is 0 Å². The van der Waals surface area contributed by atoms with Gasteiger partial charge in [0.2, 0.25) is 5.91 Å². The zero-order valence-electron chi connectivity index (χ0n) is 12.3. The van der Waals surface area contributed by atoms with Gasteiger partial charge >= 0.3 is 0 Å². The number of benzene rings is 1. The third-order valence-corrected chi connectivity index (χ3v) is 4.09. The van der Waals surface area contributed by atoms with Gasteiger partial charge in [0.05, 0.1) is 12.1 Å². The molecule has 0 bridgehead atoms. The summed E-state index contributed by atoms with van der Waals surface area (Å²) in [6.07, 6.45) is 2.20. The summed E-state index contributed by atoms with van der Waals surface area (Å²) in [6, 6.07) is 8.26. The molecule has 1 heterocycles. The minimum atomic E-state index is 0.0211. The minimum Gasteiger partial charge on any atom is -0.356 e. The Bertz CT molecular complexity index is 577. The Hall–Kier alpha value is -1.72. The summed E-state index contributed by atoms with van der Waals surface area (Å²) >= 11 is 1.57. The molecule has 112 valence electrons. The van der Waals surface area contributed by atoms with E-state index in [2.05, 4.69) is 41.5 Å². The maximum atomic E-state index is 11.8. The fraction of sp³-hybridized carbons (Fsp3) is 0.375. The van der Waals surface area contributed by atoms with Crippen LogP contribution >= 0.6 is 11.3 Å². The van der Waals surface area contributed by atoms with Gasteiger partial charge in [0.1, 0.15) is 5.01 Å². The molecule has 0 saturated heterocycles. The van der Waals surface area contributed by atoms with E-state index in [-0.39, 0.29) is 5.91 Å². The van der Waals surface area contributed by atoms with Crippen molar-refractivity contribution in [3.63, 3.8) is 0 Å². The molecular formula is C16H21N3OS. The molecule has 0 aliphatic rings. The van der Waals surface area contributed by atoms with Crippen molar-refractivity contribution in [1.82, 2.24) is 10.3 Å². The van der Waals surface area contributed by atoms with Gasteiger partial charge in [-0.3, -0.25) is 4.79 Å². The first-order chi connectivity index (χ1) is 10.2. The van der Waals surface area contributed by atoms with Gasteiger partial charge in [-0.15, -0.1) is 11.3 Å². The first kappa shape index (κ1) is 15.7. The van der Waals surface area contributed by atoms with Crippen molar-refractivity contribution in [2.24, 2.45) is 5.73 Å². The van der Waals surface area contributed by atoms with Crippen LogP contribution in [-0.2, 0) is 11.2 Å². The number of carbonyl (C=O) groups excluding carboxylic acids is 1. The number of carbonyl (C=O) groups is 1. The van der Waals surface area contributed by atoms with Crippen molar-refractivity contribution in [3.05, 3.63) is 40.9 Å². The number of unbranched alkanes of at least 4 members (excludes halogenated alkanes) is 1. The van der Waals surface area contributed by atoms with Gasteiger partial charge < -0.3 is 11.1 Å². The molecule has 0 unspecified atom stereocenters. The lowest BCUT2D eigenvalue weighted by atomic mass is 10.2. The molecule has 21 heavy (non-hydrogen) atoms. The molecule has 2 aromatic rings. The SMILES string of the molecule is Cc1ccc(-c2nc(CC(=O)NCCCCN)cs2)cc1. The standard InChI is InChI=1S/C16H21N3OS/c1-12-4-6-13(7-5-12)16-19-14(11-21-16)10-15(20)18-9-3-2-8-17/h4-7,11H,2-3,8-10,17H2,1H3,(H,18,20). The van der Waals surface area contributed by atoms with Gasteiger partial charge in [-0.2, -0.15) is 0 Å². The van der Waals surface area contributed by atoms with Crippen LogP contribution in [0.4, 0.5) is 0 Å². The zero-order chi connectivity index (χ0) is 15.1. The van der Waals surface area contributed by atoms with E-state index in [4.69, 9.17) is 5.73 Å². The van der Waals surface area contributed by atoms with Gasteiger partial charge in [-0.25, -0.2) is 4.98 Å². The summed E-state index contributed by atoms with van der Waals surface area (Å²) in [4.78, 5) is 16.3. The topological polar surface area (TPSA) is 68.0 Å². The van der Waals surface area contributed by atoms with E-state index in [1.165, 1.54) is 5.56 Å². The van der Waals surface area contributed by atoms with Crippen LogP contribution in [-0.4, -0.2) is 24.0 Å². The number of hydrogen-bond donors (Lipinski definition) is 2. The molecular weight excluding hydrogens is 282 g/mol. The highest BCUT2D eigenvalue weighted by Crippen LogP contribution is 2.24. The third-order valence-electron chi connectivity index (χ3n) is 3.15. The number of thiazole rings is 1. The minimum absolute atomic E-state index is 0.0211. The van der Waals surface area contributed by atoms with Crippen molar-refractivity contribution in [1.29, 1.82) is 0 Å². The highest BCUT2D eigenvalue weighted by molar-refractivity contribution is 7.13. The largest absolute Gasteiger partial charge is 0.356 e. The zero-order valence-corrected chi connectivity index (χ0v) is 13.1. The molecule has 5 heteroatoms. The molecule has 0 saturated carbocycles. The van der Waals surface area contributed by atoms with Crippen molar-refractivity contribution in [2.75, 3.05) is 13.1 Å². The Balaban J connectivity index is 1.88. The van der Waals surface area contributed by atoms with Crippen LogP contribution in [0.25, 0.3) is 10.6 Å². The number of rotatable bonds is 7. The molecule has 0 aliphatic carbocycles. The monoisotopic (exact) mass is 303 g/mol. The normalized spacial score (nSPS) is 10.6. The quantitative estimate of drug-likeness (QED) is 0.772. The number of nitrogens with two attached hydrogens (primary N) is 1. The van der Waals surface area contributed by atoms with Crippen LogP contribution in [0.5, 0.6) is 0 Å². The molecule has 3 N–H and O–H groups in total. The predicted molar refractivity (Wildman–Crippen MR) is 87.3 cm³/mol. The van der Waals surface area contributed by atoms with Gasteiger partial charge in [-0.1, -0.05) is 29.8 Å². The average molecular weight is 303 g/mol. The Labute approximate surface area is 129 Å². The van der Waals surface area contributed by atoms with E-state index in [0.717, 1.165) is 29.1 Å². The first-order valence-electron chi connectivity index (χ1n) is 7.17. The third kappa shape index (κ3) is 4.95. The Morgan fingerprint density at radius 2 is 2.05 bits per heavy atom. The molecule has 0 radical (unpaired) electrons. The number of nitrogens with one attached hydrogen (secondary N) is 1. The highest BCUT2D eigenvalue weighted by atomic mass is 32.1. The van der Waals surface area contributed by atoms with Gasteiger partial charge in [-0.05, 0) is 26.3 Å². The fourth-order valence-electron chi connectivity index (χ4n) is 1.94. The molecule has 1 aromatic heterocycles. The van der Waals surface area contributed by atoms with Gasteiger partial charge in [0.15, 0.2) is 0 Å². The molecule has 2 rings (SSSR count). The second-order valence-electron chi connectivity index (χ2n) is 5.03. The summed E-state index contributed by atoms with van der Waals surface area (Å²) in [5.41, 5.74) is 8.57. The van der Waals surface area contributed by atoms with E-state index < -0.39 is 0 Å². The van der Waals surface area contributed by atoms with Crippen molar-refractivity contribution >= 4 is 17.2 Å². The maximum absolute atomic E-state index is 11.8. The highest BCUT2D eigenvalue weighted by Gasteiger charge is 2.08. The van der Waals surface area contributed by atoms with Gasteiger partial charge in [0, 0.05) is 17.5 Å². The summed E-state index contributed by atoms with van der Waals surface area (Å²) in [5.74, 6) is 0.0211. The molecule has 1 amide bonds. The second kappa shape index (κ2) is 7.90. The molecule has 0 spiro atoms. The number of hydrogen-bond acceptors (Lipinski definition) is 4. The number of amides is 1. The lowest BCUT2D eigenvalue weighted by Gasteiger charge is -2.02. The second-order valence-corrected chi connectivity index (χ2v) is 5.89. The summed E-state index contributed by atoms with van der Waals surface area (Å²) in [6.45, 7) is 3.42. The number of aromatic nitrogens is 1. The molecule has 1 aromatic carbocycles. The number of aryl methyl sites for hydroxylation is 1. The maximum Gasteiger partial charge on any atom is 0.226 e. The van der Waals surface area contributed by atoms with Gasteiger partial charge in [0.25, 0.3) is 0 Å². The van der Waals surface area contributed by atoms with Crippen LogP contribution in [0.15, 0.2) is 29.6 Å². The molecule has 4 nitrogen and oxygen atoms in total. The van der Waals surface area contributed by atoms with E-state index in [9.17, 15) is 4.79 Å². The van der Waals surface area contributed by atoms with Crippen LogP contribution in [0.1, 0.15) is 24.1 Å². The predicted octanol–water partition coefficient (Wildman–Crippen LogP) is 2.52. The van der Waals surface area contributed by atoms with Crippen LogP contribution < -0.4 is 11.1 Å². The molecule has 0 atom stereocenters. The summed E-state index contributed by atoms with van der Waals surface area (Å²) in [7, 11) is 0. The van der Waals surface area contributed by atoms with Crippen molar-refractivity contribution in [3.8, 4) is 10.6 Å². The Morgan fingerprint density at radius 1 is 1.29 bits per heavy atom. The van der Waals surface area contributed by atoms with E-state index in [0.29, 0.717) is 19.5 Å². The van der Waals surface area contributed by atoms with Crippen molar-refractivity contribution in [2.45, 2.75) is 26.2 Å². The van der Waals surface area contributed by atoms with Crippen molar-refractivity contribution < 1.29 is 4.79 Å². The lowest BCUT2D eigenvalue weighted by molar-refractivity contribution is -0.120. The molecule has 0 aliphatic heterocycles. The average Bonchev–Trinajstić information content (AvgIpc) is 2.93. The van der Waals surface area contributed by atoms with E-state index in [1.807, 2.05) is 5.38 Å².